The van der Waals surface area contributed by atoms with Crippen LogP contribution < -0.4 is 14.5 Å². The maximum Gasteiger partial charge on any atom is 0.137 e. The summed E-state index contributed by atoms with van der Waals surface area (Å²) in [5.74, 6) is 2.40. The van der Waals surface area contributed by atoms with Crippen LogP contribution in [0.1, 0.15) is 31.9 Å². The highest BCUT2D eigenvalue weighted by Gasteiger charge is 2.31. The molecule has 64 heavy (non-hydrogen) atoms. The number of hydrogen-bond acceptors (Lipinski definition) is 4. The van der Waals surface area contributed by atoms with Crippen molar-refractivity contribution in [1.82, 2.24) is 9.55 Å². The number of benzene rings is 8. The van der Waals surface area contributed by atoms with Gasteiger partial charge in [-0.05, 0) is 88.7 Å². The van der Waals surface area contributed by atoms with Crippen molar-refractivity contribution in [3.63, 3.8) is 0 Å². The molecule has 3 heterocycles. The maximum atomic E-state index is 6.79. The first-order chi connectivity index (χ1) is 31.3. The van der Waals surface area contributed by atoms with Crippen molar-refractivity contribution in [2.75, 3.05) is 16.5 Å². The molecule has 0 radical (unpaired) electrons. The minimum absolute atomic E-state index is 0.101. The van der Waals surface area contributed by atoms with Gasteiger partial charge in [0.05, 0.1) is 28.1 Å². The van der Waals surface area contributed by atoms with Crippen molar-refractivity contribution in [3.8, 4) is 50.7 Å². The molecule has 0 saturated heterocycles. The van der Waals surface area contributed by atoms with Crippen LogP contribution in [0.5, 0.6) is 11.5 Å². The highest BCUT2D eigenvalue weighted by molar-refractivity contribution is 6.09. The molecule has 0 N–H and O–H groups in total. The lowest BCUT2D eigenvalue weighted by atomic mass is 9.86. The summed E-state index contributed by atoms with van der Waals surface area (Å²) in [7, 11) is 0. The van der Waals surface area contributed by atoms with Gasteiger partial charge in [-0.3, -0.25) is 4.57 Å². The summed E-state index contributed by atoms with van der Waals surface area (Å²) in [5, 5.41) is 2.33. The molecule has 0 atom stereocenters. The molecular weight excluding hydrogens is 781 g/mol. The normalized spacial score (nSPS) is 12.6. The fourth-order valence-corrected chi connectivity index (χ4v) is 9.39. The average Bonchev–Trinajstić information content (AvgIpc) is 3.88. The zero-order valence-electron chi connectivity index (χ0n) is 36.5. The summed E-state index contributed by atoms with van der Waals surface area (Å²) in [5.41, 5.74) is 16.3. The molecule has 5 heteroatoms. The monoisotopic (exact) mass is 828 g/mol. The number of fused-ring (bicyclic) bond motifs is 4. The molecule has 0 saturated carbocycles. The Bertz CT molecular complexity index is 3270. The van der Waals surface area contributed by atoms with E-state index in [9.17, 15) is 0 Å². The first-order valence-electron chi connectivity index (χ1n) is 22.1. The van der Waals surface area contributed by atoms with Crippen molar-refractivity contribution in [1.29, 1.82) is 0 Å². The SMILES string of the molecule is Cc1cc(-n2c3ccccc3c3ccc(Oc4cccc(N5CN(c6c(-c7ccccc7)cccc6-c6ccccc6)c6ccccc65)c4)cc32)ncc1-c1ccc(C(C)(C)C)cc1. The molecule has 0 unspecified atom stereocenters. The van der Waals surface area contributed by atoms with Crippen molar-refractivity contribution >= 4 is 44.6 Å². The summed E-state index contributed by atoms with van der Waals surface area (Å²) < 4.78 is 9.05. The molecule has 310 valence electrons. The van der Waals surface area contributed by atoms with Crippen LogP contribution in [0.15, 0.2) is 206 Å². The van der Waals surface area contributed by atoms with Gasteiger partial charge in [0.15, 0.2) is 0 Å². The minimum atomic E-state index is 0.101. The molecule has 8 aromatic carbocycles. The standard InChI is InChI=1S/C59H48N4O/c1-40-35-57(60-38-52(40)43-29-31-44(32-30-43)59(2,3)4)63-53-26-12-11-23-50(53)51-34-33-47(37-56(51)63)64-46-22-15-21-45(36-46)61-39-62(55-28-14-13-27-54(55)61)58-48(41-17-7-5-8-18-41)24-16-25-49(58)42-19-9-6-10-20-42/h5-38H,39H2,1-4H3. The Morgan fingerprint density at radius 1 is 0.484 bits per heavy atom. The van der Waals surface area contributed by atoms with E-state index in [1.807, 2.05) is 12.3 Å². The first kappa shape index (κ1) is 39.0. The zero-order valence-corrected chi connectivity index (χ0v) is 36.5. The molecule has 0 fully saturated rings. The lowest BCUT2D eigenvalue weighted by Gasteiger charge is -2.27. The number of ether oxygens (including phenoxy) is 1. The van der Waals surface area contributed by atoms with Gasteiger partial charge in [-0.2, -0.15) is 0 Å². The molecule has 0 bridgehead atoms. The second-order valence-corrected chi connectivity index (χ2v) is 17.7. The lowest BCUT2D eigenvalue weighted by Crippen LogP contribution is -2.24. The quantitative estimate of drug-likeness (QED) is 0.153. The van der Waals surface area contributed by atoms with Crippen LogP contribution in [0.4, 0.5) is 22.7 Å². The summed E-state index contributed by atoms with van der Waals surface area (Å²) in [6.45, 7) is 9.55. The van der Waals surface area contributed by atoms with Gasteiger partial charge >= 0.3 is 0 Å². The van der Waals surface area contributed by atoms with Crippen molar-refractivity contribution in [2.24, 2.45) is 0 Å². The van der Waals surface area contributed by atoms with Crippen LogP contribution in [0, 0.1) is 6.92 Å². The highest BCUT2D eigenvalue weighted by Crippen LogP contribution is 2.50. The largest absolute Gasteiger partial charge is 0.457 e. The molecule has 5 nitrogen and oxygen atoms in total. The smallest absolute Gasteiger partial charge is 0.137 e. The van der Waals surface area contributed by atoms with Crippen molar-refractivity contribution in [2.45, 2.75) is 33.1 Å². The molecule has 2 aromatic heterocycles. The molecule has 10 aromatic rings. The average molecular weight is 829 g/mol. The summed E-state index contributed by atoms with van der Waals surface area (Å²) in [6, 6.07) is 71.3. The van der Waals surface area contributed by atoms with Gasteiger partial charge in [0.2, 0.25) is 0 Å². The Kier molecular flexibility index (Phi) is 9.62. The van der Waals surface area contributed by atoms with Crippen LogP contribution >= 0.6 is 0 Å². The number of para-hydroxylation sites is 4. The third kappa shape index (κ3) is 6.96. The number of hydrogen-bond donors (Lipinski definition) is 0. The topological polar surface area (TPSA) is 33.5 Å². The van der Waals surface area contributed by atoms with E-state index >= 15 is 0 Å². The van der Waals surface area contributed by atoms with Gasteiger partial charge in [-0.1, -0.05) is 160 Å². The van der Waals surface area contributed by atoms with Crippen molar-refractivity contribution in [3.05, 3.63) is 218 Å². The van der Waals surface area contributed by atoms with Gasteiger partial charge in [0.25, 0.3) is 0 Å². The van der Waals surface area contributed by atoms with Crippen LogP contribution in [0.25, 0.3) is 61.0 Å². The lowest BCUT2D eigenvalue weighted by molar-refractivity contribution is 0.483. The van der Waals surface area contributed by atoms with Gasteiger partial charge in [-0.25, -0.2) is 4.98 Å². The van der Waals surface area contributed by atoms with E-state index in [-0.39, 0.29) is 5.41 Å². The second-order valence-electron chi connectivity index (χ2n) is 17.7. The van der Waals surface area contributed by atoms with E-state index in [2.05, 4.69) is 236 Å². The Morgan fingerprint density at radius 3 is 1.77 bits per heavy atom. The number of aryl methyl sites for hydroxylation is 1. The Hall–Kier alpha value is -7.89. The Balaban J connectivity index is 0.942. The maximum absolute atomic E-state index is 6.79. The van der Waals surface area contributed by atoms with E-state index < -0.39 is 0 Å². The summed E-state index contributed by atoms with van der Waals surface area (Å²) in [6.07, 6.45) is 2.02. The molecule has 0 aliphatic carbocycles. The van der Waals surface area contributed by atoms with Crippen LogP contribution in [0.3, 0.4) is 0 Å². The number of rotatable bonds is 8. The third-order valence-corrected chi connectivity index (χ3v) is 12.6. The minimum Gasteiger partial charge on any atom is -0.457 e. The summed E-state index contributed by atoms with van der Waals surface area (Å²) >= 11 is 0. The molecule has 11 rings (SSSR count). The number of nitrogens with zero attached hydrogens (tertiary/aromatic N) is 4. The predicted octanol–water partition coefficient (Wildman–Crippen LogP) is 15.8. The Morgan fingerprint density at radius 2 is 1.08 bits per heavy atom. The second kappa shape index (κ2) is 15.8. The van der Waals surface area contributed by atoms with Gasteiger partial charge in [-0.15, -0.1) is 0 Å². The third-order valence-electron chi connectivity index (χ3n) is 12.6. The number of anilines is 4. The molecule has 0 amide bonds. The highest BCUT2D eigenvalue weighted by atomic mass is 16.5. The van der Waals surface area contributed by atoms with Gasteiger partial charge in [0, 0.05) is 51.5 Å². The van der Waals surface area contributed by atoms with Crippen LogP contribution in [0.2, 0.25) is 0 Å². The fraction of sp³-hybridized carbons (Fsp3) is 0.102. The molecular formula is C59H48N4O. The predicted molar refractivity (Wildman–Crippen MR) is 267 cm³/mol. The van der Waals surface area contributed by atoms with Crippen molar-refractivity contribution < 1.29 is 4.74 Å². The van der Waals surface area contributed by atoms with E-state index in [0.717, 1.165) is 56.4 Å². The Labute approximate surface area is 375 Å². The zero-order chi connectivity index (χ0) is 43.4. The molecule has 1 aliphatic rings. The number of aromatic nitrogens is 2. The molecule has 1 aliphatic heterocycles. The van der Waals surface area contributed by atoms with E-state index in [1.54, 1.807) is 0 Å². The fourth-order valence-electron chi connectivity index (χ4n) is 9.39. The first-order valence-corrected chi connectivity index (χ1v) is 22.1. The van der Waals surface area contributed by atoms with Crippen LogP contribution in [-0.2, 0) is 5.41 Å². The number of pyridine rings is 1. The van der Waals surface area contributed by atoms with E-state index in [1.165, 1.54) is 50.0 Å². The summed E-state index contributed by atoms with van der Waals surface area (Å²) in [4.78, 5) is 9.95. The van der Waals surface area contributed by atoms with Gasteiger partial charge in [0.1, 0.15) is 24.0 Å². The van der Waals surface area contributed by atoms with E-state index in [0.29, 0.717) is 6.67 Å². The van der Waals surface area contributed by atoms with E-state index in [4.69, 9.17) is 9.72 Å². The van der Waals surface area contributed by atoms with Crippen LogP contribution in [-0.4, -0.2) is 16.2 Å². The molecule has 0 spiro atoms. The van der Waals surface area contributed by atoms with Gasteiger partial charge < -0.3 is 14.5 Å².